The van der Waals surface area contributed by atoms with Crippen LogP contribution < -0.4 is 16.7 Å². The molecule has 4 rings (SSSR count). The number of carbonyl (C=O) groups is 2. The van der Waals surface area contributed by atoms with Crippen LogP contribution in [0.2, 0.25) is 13.1 Å². The van der Waals surface area contributed by atoms with E-state index in [1.165, 1.54) is 21.5 Å². The zero-order valence-electron chi connectivity index (χ0n) is 19.6. The van der Waals surface area contributed by atoms with E-state index in [1.807, 2.05) is 36.4 Å². The Hall–Kier alpha value is -3.55. The summed E-state index contributed by atoms with van der Waals surface area (Å²) in [6.45, 7) is 6.67. The number of anilines is 1. The first-order valence-electron chi connectivity index (χ1n) is 11.3. The van der Waals surface area contributed by atoms with Gasteiger partial charge >= 0.3 is 5.97 Å². The second-order valence-electron chi connectivity index (χ2n) is 9.34. The van der Waals surface area contributed by atoms with Crippen LogP contribution in [0.5, 0.6) is 0 Å². The zero-order chi connectivity index (χ0) is 24.6. The highest BCUT2D eigenvalue weighted by atomic mass is 28.3. The van der Waals surface area contributed by atoms with Crippen LogP contribution in [0.1, 0.15) is 29.5 Å². The summed E-state index contributed by atoms with van der Waals surface area (Å²) in [6.07, 6.45) is 5.76. The minimum Gasteiger partial charge on any atom is -0.481 e. The van der Waals surface area contributed by atoms with Crippen LogP contribution >= 0.6 is 0 Å². The number of fused-ring (bicyclic) bond motifs is 2. The minimum atomic E-state index is -2.18. The van der Waals surface area contributed by atoms with Gasteiger partial charge in [0.05, 0.1) is 11.8 Å². The number of allylic oxidation sites excluding steroid dienone is 5. The summed E-state index contributed by atoms with van der Waals surface area (Å²) in [5, 5.41) is 11.3. The number of aliphatic carboxylic acids is 1. The fourth-order valence-corrected chi connectivity index (χ4v) is 7.77. The maximum absolute atomic E-state index is 12.5. The number of carboxylic acid groups (broad SMARTS) is 1. The van der Waals surface area contributed by atoms with Crippen molar-refractivity contribution in [2.45, 2.75) is 38.9 Å². The van der Waals surface area contributed by atoms with Crippen molar-refractivity contribution in [3.8, 4) is 0 Å². The molecular weight excluding hydrogens is 442 g/mol. The lowest BCUT2D eigenvalue weighted by Crippen LogP contribution is -2.49. The number of carboxylic acids is 1. The molecule has 0 saturated carbocycles. The molecule has 6 nitrogen and oxygen atoms in total. The van der Waals surface area contributed by atoms with Gasteiger partial charge in [0.25, 0.3) is 5.91 Å². The van der Waals surface area contributed by atoms with Gasteiger partial charge in [-0.2, -0.15) is 0 Å². The predicted octanol–water partition coefficient (Wildman–Crippen LogP) is 3.50. The smallest absolute Gasteiger partial charge is 0.303 e. The first-order chi connectivity index (χ1) is 16.1. The zero-order valence-corrected chi connectivity index (χ0v) is 20.6. The second-order valence-corrected chi connectivity index (χ2v) is 13.7. The van der Waals surface area contributed by atoms with Gasteiger partial charge in [0.1, 0.15) is 8.07 Å². The van der Waals surface area contributed by atoms with Crippen LogP contribution in [0.3, 0.4) is 0 Å². The first kappa shape index (κ1) is 23.6. The molecule has 1 aliphatic carbocycles. The molecule has 0 radical (unpaired) electrons. The van der Waals surface area contributed by atoms with Crippen LogP contribution in [0, 0.1) is 6.92 Å². The van der Waals surface area contributed by atoms with E-state index in [0.29, 0.717) is 5.71 Å². The second kappa shape index (κ2) is 9.00. The number of hydrogen-bond acceptors (Lipinski definition) is 4. The lowest BCUT2D eigenvalue weighted by atomic mass is 9.87. The third kappa shape index (κ3) is 4.32. The molecule has 1 atom stereocenters. The van der Waals surface area contributed by atoms with Crippen molar-refractivity contribution in [2.75, 3.05) is 5.73 Å². The van der Waals surface area contributed by atoms with E-state index in [1.54, 1.807) is 0 Å². The van der Waals surface area contributed by atoms with Crippen LogP contribution in [-0.4, -0.2) is 36.8 Å². The Labute approximate surface area is 200 Å². The number of rotatable bonds is 5. The fraction of sp³-hybridized carbons (Fsp3) is 0.222. The first-order valence-corrected chi connectivity index (χ1v) is 14.3. The Kier molecular flexibility index (Phi) is 6.25. The van der Waals surface area contributed by atoms with Crippen LogP contribution in [0.4, 0.5) is 5.69 Å². The summed E-state index contributed by atoms with van der Waals surface area (Å²) in [5.74, 6) is -1.49. The maximum atomic E-state index is 12.5. The Morgan fingerprint density at radius 2 is 1.82 bits per heavy atom. The van der Waals surface area contributed by atoms with E-state index in [2.05, 4.69) is 49.3 Å². The highest BCUT2D eigenvalue weighted by Gasteiger charge is 2.39. The van der Waals surface area contributed by atoms with Crippen LogP contribution in [0.15, 0.2) is 76.5 Å². The summed E-state index contributed by atoms with van der Waals surface area (Å²) in [6, 6.07) is 13.5. The van der Waals surface area contributed by atoms with Gasteiger partial charge in [0.2, 0.25) is 0 Å². The molecule has 2 aromatic rings. The monoisotopic (exact) mass is 471 g/mol. The van der Waals surface area contributed by atoms with Crippen LogP contribution in [-0.2, 0) is 9.59 Å². The van der Waals surface area contributed by atoms with E-state index < -0.39 is 26.0 Å². The highest BCUT2D eigenvalue weighted by Crippen LogP contribution is 2.42. The average molecular weight is 472 g/mol. The summed E-state index contributed by atoms with van der Waals surface area (Å²) in [4.78, 5) is 27.6. The molecule has 2 aliphatic rings. The predicted molar refractivity (Wildman–Crippen MR) is 140 cm³/mol. The van der Waals surface area contributed by atoms with Crippen molar-refractivity contribution in [1.29, 1.82) is 0 Å². The summed E-state index contributed by atoms with van der Waals surface area (Å²) < 4.78 is 0. The fourth-order valence-electron chi connectivity index (χ4n) is 4.68. The maximum Gasteiger partial charge on any atom is 0.303 e. The van der Waals surface area contributed by atoms with Crippen molar-refractivity contribution in [3.63, 3.8) is 0 Å². The van der Waals surface area contributed by atoms with Crippen molar-refractivity contribution < 1.29 is 14.7 Å². The quantitative estimate of drug-likeness (QED) is 0.455. The Morgan fingerprint density at radius 3 is 2.53 bits per heavy atom. The Morgan fingerprint density at radius 1 is 1.09 bits per heavy atom. The summed E-state index contributed by atoms with van der Waals surface area (Å²) >= 11 is 0. The topological polar surface area (TPSA) is 119 Å². The number of aryl methyl sites for hydroxylation is 1. The van der Waals surface area contributed by atoms with Gasteiger partial charge in [-0.05, 0) is 75.8 Å². The van der Waals surface area contributed by atoms with Crippen molar-refractivity contribution in [3.05, 3.63) is 88.2 Å². The third-order valence-corrected chi connectivity index (χ3v) is 10.1. The number of nitrogen functional groups attached to an aromatic ring is 1. The minimum absolute atomic E-state index is 0.0563. The average Bonchev–Trinajstić information content (AvgIpc) is 2.79. The van der Waals surface area contributed by atoms with Crippen molar-refractivity contribution in [1.82, 2.24) is 0 Å². The van der Waals surface area contributed by atoms with Crippen LogP contribution in [0.25, 0.3) is 5.57 Å². The number of carbonyl (C=O) groups excluding carboxylic acids is 1. The molecule has 0 bridgehead atoms. The van der Waals surface area contributed by atoms with Gasteiger partial charge in [-0.1, -0.05) is 49.5 Å². The van der Waals surface area contributed by atoms with Gasteiger partial charge in [-0.15, -0.1) is 0 Å². The Bertz CT molecular complexity index is 1320. The number of amides is 1. The number of aliphatic imine (C=N–C) groups is 1. The van der Waals surface area contributed by atoms with Gasteiger partial charge in [0, 0.05) is 12.1 Å². The highest BCUT2D eigenvalue weighted by molar-refractivity contribution is 6.98. The molecule has 0 unspecified atom stereocenters. The van der Waals surface area contributed by atoms with E-state index >= 15 is 0 Å². The molecule has 0 fully saturated rings. The Balaban J connectivity index is 1.86. The number of hydrogen-bond donors (Lipinski definition) is 3. The van der Waals surface area contributed by atoms with Crippen molar-refractivity contribution in [2.24, 2.45) is 10.7 Å². The molecule has 7 heteroatoms. The molecule has 1 aliphatic heterocycles. The normalized spacial score (nSPS) is 18.2. The number of nitrogens with zero attached hydrogens (tertiary/aromatic N) is 1. The summed E-state index contributed by atoms with van der Waals surface area (Å²) in [5.41, 5.74) is 19.2. The van der Waals surface area contributed by atoms with E-state index in [-0.39, 0.29) is 12.8 Å². The molecule has 2 aromatic carbocycles. The standard InChI is InChI=1S/C27H29N3O3Si/c1-16-6-4-5-7-19(16)26-20-10-8-17(28)14-23(20)34(2,3)24-15-18(9-11-21(24)26)30-27(33)22(29)12-13-25(31)32/h4-11,14-15,22H,12-13,28-29H2,1-3H3,(H,31,32)/t22-/m0/s1. The molecule has 1 amide bonds. The lowest BCUT2D eigenvalue weighted by molar-refractivity contribution is -0.137. The molecule has 5 N–H and O–H groups in total. The van der Waals surface area contributed by atoms with Gasteiger partial charge < -0.3 is 16.6 Å². The molecule has 174 valence electrons. The molecule has 1 heterocycles. The molecule has 0 saturated heterocycles. The number of nitrogens with two attached hydrogens (primary N) is 2. The molecular formula is C27H29N3O3Si. The lowest BCUT2D eigenvalue weighted by Gasteiger charge is -2.38. The van der Waals surface area contributed by atoms with E-state index in [0.717, 1.165) is 22.4 Å². The molecule has 0 aromatic heterocycles. The third-order valence-electron chi connectivity index (χ3n) is 6.57. The van der Waals surface area contributed by atoms with Gasteiger partial charge in [-0.3, -0.25) is 9.59 Å². The molecule has 34 heavy (non-hydrogen) atoms. The van der Waals surface area contributed by atoms with E-state index in [4.69, 9.17) is 16.6 Å². The molecule has 0 spiro atoms. The van der Waals surface area contributed by atoms with Gasteiger partial charge in [0.15, 0.2) is 0 Å². The number of benzene rings is 2. The van der Waals surface area contributed by atoms with Gasteiger partial charge in [-0.25, -0.2) is 4.99 Å². The SMILES string of the molecule is Cc1ccccc1C1=C2C=CC(=NC(=O)[C@@H](N)CCC(=O)O)C=C2[Si](C)(C)c2cc(N)ccc21. The summed E-state index contributed by atoms with van der Waals surface area (Å²) in [7, 11) is -2.18. The van der Waals surface area contributed by atoms with E-state index in [9.17, 15) is 9.59 Å². The largest absolute Gasteiger partial charge is 0.481 e. The van der Waals surface area contributed by atoms with Crippen molar-refractivity contribution >= 4 is 42.1 Å².